The number of hydrogen-bond donors (Lipinski definition) is 3. The minimum atomic E-state index is -0.332. The monoisotopic (exact) mass is 411 g/mol. The lowest BCUT2D eigenvalue weighted by molar-refractivity contribution is -0.133. The predicted octanol–water partition coefficient (Wildman–Crippen LogP) is 1.40. The van der Waals surface area contributed by atoms with Gasteiger partial charge in [0.15, 0.2) is 0 Å². The van der Waals surface area contributed by atoms with E-state index in [0.29, 0.717) is 18.9 Å². The van der Waals surface area contributed by atoms with Gasteiger partial charge in [0, 0.05) is 50.0 Å². The third-order valence-corrected chi connectivity index (χ3v) is 7.62. The normalized spacial score (nSPS) is 32.1. The molecule has 30 heavy (non-hydrogen) atoms. The standard InChI is InChI=1S/C23H33N5O2/c24-22-18-13-27(14-19(18)22)10-7-15-8-11-28(12-9-15)17-3-1-16(2-4-17)25-20-5-6-21(29)26-23(20)30/h1-4,15,18-20,22,25H,5-14,24H2,(H,26,29,30). The Labute approximate surface area is 178 Å². The first-order valence-electron chi connectivity index (χ1n) is 11.5. The lowest BCUT2D eigenvalue weighted by atomic mass is 9.93. The zero-order valence-corrected chi connectivity index (χ0v) is 17.6. The molecule has 3 aliphatic heterocycles. The van der Waals surface area contributed by atoms with Gasteiger partial charge in [-0.15, -0.1) is 0 Å². The van der Waals surface area contributed by atoms with Crippen LogP contribution in [0.4, 0.5) is 11.4 Å². The van der Waals surface area contributed by atoms with E-state index in [1.807, 2.05) is 12.1 Å². The van der Waals surface area contributed by atoms with E-state index in [9.17, 15) is 9.59 Å². The number of imide groups is 1. The Morgan fingerprint density at radius 3 is 2.40 bits per heavy atom. The molecule has 4 aliphatic rings. The van der Waals surface area contributed by atoms with Crippen molar-refractivity contribution in [1.82, 2.24) is 10.2 Å². The van der Waals surface area contributed by atoms with Gasteiger partial charge in [0.05, 0.1) is 0 Å². The number of rotatable bonds is 6. The molecule has 3 unspecified atom stereocenters. The molecular formula is C23H33N5O2. The Balaban J connectivity index is 1.05. The van der Waals surface area contributed by atoms with E-state index in [-0.39, 0.29) is 17.9 Å². The van der Waals surface area contributed by atoms with Crippen LogP contribution in [0.5, 0.6) is 0 Å². The van der Waals surface area contributed by atoms with Gasteiger partial charge >= 0.3 is 0 Å². The zero-order valence-electron chi connectivity index (χ0n) is 17.6. The highest BCUT2D eigenvalue weighted by Crippen LogP contribution is 2.43. The van der Waals surface area contributed by atoms with Gasteiger partial charge in [-0.25, -0.2) is 0 Å². The molecule has 4 N–H and O–H groups in total. The van der Waals surface area contributed by atoms with Crippen molar-refractivity contribution in [1.29, 1.82) is 0 Å². The molecule has 162 valence electrons. The summed E-state index contributed by atoms with van der Waals surface area (Å²) in [6, 6.07) is 8.50. The number of nitrogens with two attached hydrogens (primary N) is 1. The molecule has 1 aliphatic carbocycles. The third kappa shape index (κ3) is 4.18. The van der Waals surface area contributed by atoms with Crippen molar-refractivity contribution in [2.24, 2.45) is 23.5 Å². The SMILES string of the molecule is NC1C2CN(CCC3CCN(c4ccc(NC5CCC(=O)NC5=O)cc4)CC3)CC12. The van der Waals surface area contributed by atoms with E-state index in [1.165, 1.54) is 44.6 Å². The number of carbonyl (C=O) groups excluding carboxylic acids is 2. The quantitative estimate of drug-likeness (QED) is 0.613. The second-order valence-electron chi connectivity index (χ2n) is 9.58. The highest BCUT2D eigenvalue weighted by atomic mass is 16.2. The Morgan fingerprint density at radius 2 is 1.73 bits per heavy atom. The molecule has 1 aromatic carbocycles. The van der Waals surface area contributed by atoms with Crippen LogP contribution in [0.25, 0.3) is 0 Å². The summed E-state index contributed by atoms with van der Waals surface area (Å²) in [6.45, 7) is 5.92. The summed E-state index contributed by atoms with van der Waals surface area (Å²) in [5.74, 6) is 2.00. The van der Waals surface area contributed by atoms with Crippen molar-refractivity contribution in [3.8, 4) is 0 Å². The zero-order chi connectivity index (χ0) is 20.7. The fourth-order valence-electron chi connectivity index (χ4n) is 5.49. The van der Waals surface area contributed by atoms with Crippen LogP contribution >= 0.6 is 0 Å². The molecule has 2 amide bonds. The molecule has 0 bridgehead atoms. The number of nitrogens with zero attached hydrogens (tertiary/aromatic N) is 2. The van der Waals surface area contributed by atoms with Crippen molar-refractivity contribution >= 4 is 23.2 Å². The third-order valence-electron chi connectivity index (χ3n) is 7.62. The largest absolute Gasteiger partial charge is 0.374 e. The summed E-state index contributed by atoms with van der Waals surface area (Å²) in [5, 5.41) is 5.64. The van der Waals surface area contributed by atoms with Crippen molar-refractivity contribution in [3.63, 3.8) is 0 Å². The molecule has 1 aromatic rings. The number of likely N-dealkylation sites (tertiary alicyclic amines) is 1. The van der Waals surface area contributed by atoms with E-state index in [4.69, 9.17) is 5.73 Å². The molecule has 5 rings (SSSR count). The maximum Gasteiger partial charge on any atom is 0.249 e. The molecule has 7 nitrogen and oxygen atoms in total. The van der Waals surface area contributed by atoms with Crippen LogP contribution in [-0.4, -0.2) is 61.5 Å². The first-order valence-corrected chi connectivity index (χ1v) is 11.5. The van der Waals surface area contributed by atoms with Crippen LogP contribution in [0.2, 0.25) is 0 Å². The van der Waals surface area contributed by atoms with Gasteiger partial charge in [0.2, 0.25) is 11.8 Å². The lowest BCUT2D eigenvalue weighted by Crippen LogP contribution is -2.47. The van der Waals surface area contributed by atoms with E-state index < -0.39 is 0 Å². The minimum absolute atomic E-state index is 0.182. The Bertz CT molecular complexity index is 777. The Morgan fingerprint density at radius 1 is 1.03 bits per heavy atom. The van der Waals surface area contributed by atoms with Gasteiger partial charge in [0.1, 0.15) is 6.04 Å². The topological polar surface area (TPSA) is 90.7 Å². The van der Waals surface area contributed by atoms with Crippen LogP contribution in [0.1, 0.15) is 32.1 Å². The van der Waals surface area contributed by atoms with Gasteiger partial charge in [0.25, 0.3) is 0 Å². The number of nitrogens with one attached hydrogen (secondary N) is 2. The molecule has 7 heteroatoms. The van der Waals surface area contributed by atoms with Crippen LogP contribution in [-0.2, 0) is 9.59 Å². The molecule has 1 saturated carbocycles. The van der Waals surface area contributed by atoms with E-state index in [1.54, 1.807) is 0 Å². The molecule has 4 fully saturated rings. The molecule has 0 aromatic heterocycles. The van der Waals surface area contributed by atoms with Crippen LogP contribution < -0.4 is 21.3 Å². The maximum absolute atomic E-state index is 11.9. The van der Waals surface area contributed by atoms with Gasteiger partial charge in [-0.2, -0.15) is 0 Å². The van der Waals surface area contributed by atoms with E-state index in [0.717, 1.165) is 36.5 Å². The van der Waals surface area contributed by atoms with Gasteiger partial charge in [-0.1, -0.05) is 0 Å². The Kier molecular flexibility index (Phi) is 5.41. The molecule has 3 heterocycles. The molecule has 0 spiro atoms. The highest BCUT2D eigenvalue weighted by molar-refractivity contribution is 6.01. The fourth-order valence-corrected chi connectivity index (χ4v) is 5.49. The number of benzene rings is 1. The van der Waals surface area contributed by atoms with E-state index in [2.05, 4.69) is 32.6 Å². The first-order chi connectivity index (χ1) is 14.6. The summed E-state index contributed by atoms with van der Waals surface area (Å²) >= 11 is 0. The summed E-state index contributed by atoms with van der Waals surface area (Å²) < 4.78 is 0. The molecule has 3 saturated heterocycles. The van der Waals surface area contributed by atoms with Crippen LogP contribution in [0, 0.1) is 17.8 Å². The summed E-state index contributed by atoms with van der Waals surface area (Å²) in [5.41, 5.74) is 8.21. The Hall–Kier alpha value is -2.12. The number of piperidine rings is 3. The first kappa shape index (κ1) is 19.8. The molecule has 3 atom stereocenters. The van der Waals surface area contributed by atoms with Crippen molar-refractivity contribution in [2.45, 2.75) is 44.2 Å². The van der Waals surface area contributed by atoms with Gasteiger partial charge in [-0.05, 0) is 74.2 Å². The number of hydrogen-bond acceptors (Lipinski definition) is 6. The number of amides is 2. The fraction of sp³-hybridized carbons (Fsp3) is 0.652. The number of carbonyl (C=O) groups is 2. The average Bonchev–Trinajstić information content (AvgIpc) is 3.15. The molecular weight excluding hydrogens is 378 g/mol. The smallest absolute Gasteiger partial charge is 0.249 e. The summed E-state index contributed by atoms with van der Waals surface area (Å²) in [4.78, 5) is 28.3. The van der Waals surface area contributed by atoms with Crippen LogP contribution in [0.15, 0.2) is 24.3 Å². The van der Waals surface area contributed by atoms with Crippen molar-refractivity contribution in [3.05, 3.63) is 24.3 Å². The van der Waals surface area contributed by atoms with Crippen molar-refractivity contribution < 1.29 is 9.59 Å². The maximum atomic E-state index is 11.9. The number of fused-ring (bicyclic) bond motifs is 1. The second kappa shape index (κ2) is 8.19. The summed E-state index contributed by atoms with van der Waals surface area (Å²) in [6.07, 6.45) is 4.78. The summed E-state index contributed by atoms with van der Waals surface area (Å²) in [7, 11) is 0. The minimum Gasteiger partial charge on any atom is -0.374 e. The van der Waals surface area contributed by atoms with Crippen molar-refractivity contribution in [2.75, 3.05) is 42.9 Å². The second-order valence-corrected chi connectivity index (χ2v) is 9.58. The average molecular weight is 412 g/mol. The van der Waals surface area contributed by atoms with Gasteiger partial charge < -0.3 is 20.9 Å². The molecule has 0 radical (unpaired) electrons. The number of anilines is 2. The van der Waals surface area contributed by atoms with Gasteiger partial charge in [-0.3, -0.25) is 14.9 Å². The predicted molar refractivity (Wildman–Crippen MR) is 117 cm³/mol. The highest BCUT2D eigenvalue weighted by Gasteiger charge is 2.53. The van der Waals surface area contributed by atoms with E-state index >= 15 is 0 Å². The van der Waals surface area contributed by atoms with Crippen LogP contribution in [0.3, 0.4) is 0 Å². The lowest BCUT2D eigenvalue weighted by Gasteiger charge is -2.34.